The Bertz CT molecular complexity index is 379. The van der Waals surface area contributed by atoms with Crippen LogP contribution in [-0.4, -0.2) is 37.2 Å². The highest BCUT2D eigenvalue weighted by atomic mass is 16.5. The van der Waals surface area contributed by atoms with Crippen LogP contribution in [0.2, 0.25) is 0 Å². The normalized spacial score (nSPS) is 20.6. The summed E-state index contributed by atoms with van der Waals surface area (Å²) in [4.78, 5) is 2.47. The van der Waals surface area contributed by atoms with Crippen molar-refractivity contribution in [3.63, 3.8) is 0 Å². The molecule has 0 saturated carbocycles. The third kappa shape index (κ3) is 3.47. The second kappa shape index (κ2) is 6.21. The zero-order valence-corrected chi connectivity index (χ0v) is 11.6. The molecule has 1 aromatic rings. The fourth-order valence-corrected chi connectivity index (χ4v) is 2.44. The van der Waals surface area contributed by atoms with Crippen LogP contribution in [0.4, 0.5) is 0 Å². The van der Waals surface area contributed by atoms with Gasteiger partial charge in [0.2, 0.25) is 0 Å². The molecule has 18 heavy (non-hydrogen) atoms. The number of hydrogen-bond acceptors (Lipinski definition) is 3. The fraction of sp³-hybridized carbons (Fsp3) is 0.600. The van der Waals surface area contributed by atoms with Crippen molar-refractivity contribution in [2.75, 3.05) is 20.1 Å². The molecule has 1 N–H and O–H groups in total. The SMILES string of the molecule is CNCc1cccc(OC2CCN(C(C)C)C2)c1. The predicted molar refractivity (Wildman–Crippen MR) is 74.9 cm³/mol. The van der Waals surface area contributed by atoms with E-state index in [0.29, 0.717) is 12.1 Å². The maximum atomic E-state index is 6.07. The van der Waals surface area contributed by atoms with E-state index in [-0.39, 0.29) is 0 Å². The molecule has 0 spiro atoms. The van der Waals surface area contributed by atoms with Gasteiger partial charge >= 0.3 is 0 Å². The van der Waals surface area contributed by atoms with Gasteiger partial charge in [-0.3, -0.25) is 4.90 Å². The maximum absolute atomic E-state index is 6.07. The van der Waals surface area contributed by atoms with Crippen molar-refractivity contribution in [1.29, 1.82) is 0 Å². The summed E-state index contributed by atoms with van der Waals surface area (Å²) in [7, 11) is 1.96. The van der Waals surface area contributed by atoms with E-state index in [1.807, 2.05) is 7.05 Å². The van der Waals surface area contributed by atoms with Gasteiger partial charge in [-0.25, -0.2) is 0 Å². The summed E-state index contributed by atoms with van der Waals surface area (Å²) < 4.78 is 6.07. The number of rotatable bonds is 5. The maximum Gasteiger partial charge on any atom is 0.120 e. The van der Waals surface area contributed by atoms with Crippen LogP contribution in [0.15, 0.2) is 24.3 Å². The van der Waals surface area contributed by atoms with Crippen molar-refractivity contribution in [2.45, 2.75) is 39.0 Å². The number of nitrogens with zero attached hydrogens (tertiary/aromatic N) is 1. The molecule has 100 valence electrons. The molecule has 3 heteroatoms. The Kier molecular flexibility index (Phi) is 4.61. The summed E-state index contributed by atoms with van der Waals surface area (Å²) >= 11 is 0. The van der Waals surface area contributed by atoms with Crippen LogP contribution in [0.1, 0.15) is 25.8 Å². The van der Waals surface area contributed by atoms with E-state index in [1.54, 1.807) is 0 Å². The van der Waals surface area contributed by atoms with E-state index in [9.17, 15) is 0 Å². The average Bonchev–Trinajstić information content (AvgIpc) is 2.78. The lowest BCUT2D eigenvalue weighted by molar-refractivity contribution is 0.187. The number of hydrogen-bond donors (Lipinski definition) is 1. The first-order valence-corrected chi connectivity index (χ1v) is 6.83. The molecular weight excluding hydrogens is 224 g/mol. The first-order valence-electron chi connectivity index (χ1n) is 6.83. The van der Waals surface area contributed by atoms with Crippen LogP contribution in [0, 0.1) is 0 Å². The van der Waals surface area contributed by atoms with E-state index in [4.69, 9.17) is 4.74 Å². The Labute approximate surface area is 110 Å². The molecule has 1 fully saturated rings. The molecule has 0 bridgehead atoms. The second-order valence-electron chi connectivity index (χ2n) is 5.29. The molecule has 1 unspecified atom stereocenters. The van der Waals surface area contributed by atoms with E-state index in [0.717, 1.165) is 31.8 Å². The lowest BCUT2D eigenvalue weighted by Gasteiger charge is -2.20. The number of benzene rings is 1. The van der Waals surface area contributed by atoms with Crippen molar-refractivity contribution >= 4 is 0 Å². The highest BCUT2D eigenvalue weighted by molar-refractivity contribution is 5.28. The van der Waals surface area contributed by atoms with Crippen LogP contribution in [0.3, 0.4) is 0 Å². The molecule has 1 saturated heterocycles. The highest BCUT2D eigenvalue weighted by Crippen LogP contribution is 2.20. The van der Waals surface area contributed by atoms with Crippen molar-refractivity contribution in [3.05, 3.63) is 29.8 Å². The largest absolute Gasteiger partial charge is 0.489 e. The Morgan fingerprint density at radius 3 is 2.94 bits per heavy atom. The molecule has 0 aliphatic carbocycles. The van der Waals surface area contributed by atoms with Crippen molar-refractivity contribution < 1.29 is 4.74 Å². The zero-order valence-electron chi connectivity index (χ0n) is 11.6. The summed E-state index contributed by atoms with van der Waals surface area (Å²) in [6.07, 6.45) is 1.48. The van der Waals surface area contributed by atoms with Crippen LogP contribution < -0.4 is 10.1 Å². The average molecular weight is 248 g/mol. The Hall–Kier alpha value is -1.06. The monoisotopic (exact) mass is 248 g/mol. The molecule has 0 amide bonds. The van der Waals surface area contributed by atoms with Crippen LogP contribution in [0.25, 0.3) is 0 Å². The lowest BCUT2D eigenvalue weighted by atomic mass is 10.2. The summed E-state index contributed by atoms with van der Waals surface area (Å²) in [6.45, 7) is 7.58. The van der Waals surface area contributed by atoms with Gasteiger partial charge in [-0.1, -0.05) is 12.1 Å². The topological polar surface area (TPSA) is 24.5 Å². The standard InChI is InChI=1S/C15H24N2O/c1-12(2)17-8-7-15(11-17)18-14-6-4-5-13(9-14)10-16-3/h4-6,9,12,15-16H,7-8,10-11H2,1-3H3. The summed E-state index contributed by atoms with van der Waals surface area (Å²) in [5, 5.41) is 3.16. The van der Waals surface area contributed by atoms with Gasteiger partial charge in [0.1, 0.15) is 11.9 Å². The smallest absolute Gasteiger partial charge is 0.120 e. The molecule has 1 atom stereocenters. The van der Waals surface area contributed by atoms with Gasteiger partial charge in [-0.15, -0.1) is 0 Å². The second-order valence-corrected chi connectivity index (χ2v) is 5.29. The molecule has 0 aromatic heterocycles. The third-order valence-corrected chi connectivity index (χ3v) is 3.49. The molecular formula is C15H24N2O. The fourth-order valence-electron chi connectivity index (χ4n) is 2.44. The van der Waals surface area contributed by atoms with Crippen LogP contribution >= 0.6 is 0 Å². The van der Waals surface area contributed by atoms with E-state index >= 15 is 0 Å². The predicted octanol–water partition coefficient (Wildman–Crippen LogP) is 2.27. The van der Waals surface area contributed by atoms with Crippen LogP contribution in [-0.2, 0) is 6.54 Å². The van der Waals surface area contributed by atoms with Gasteiger partial charge in [0.15, 0.2) is 0 Å². The van der Waals surface area contributed by atoms with E-state index in [1.165, 1.54) is 5.56 Å². The van der Waals surface area contributed by atoms with Gasteiger partial charge < -0.3 is 10.1 Å². The van der Waals surface area contributed by atoms with Crippen molar-refractivity contribution in [3.8, 4) is 5.75 Å². The molecule has 2 rings (SSSR count). The lowest BCUT2D eigenvalue weighted by Crippen LogP contribution is -2.30. The quantitative estimate of drug-likeness (QED) is 0.865. The van der Waals surface area contributed by atoms with Gasteiger partial charge in [-0.2, -0.15) is 0 Å². The number of nitrogens with one attached hydrogen (secondary N) is 1. The molecule has 1 aromatic carbocycles. The molecule has 3 nitrogen and oxygen atoms in total. The van der Waals surface area contributed by atoms with Gasteiger partial charge in [0.05, 0.1) is 0 Å². The zero-order chi connectivity index (χ0) is 13.0. The number of likely N-dealkylation sites (tertiary alicyclic amines) is 1. The summed E-state index contributed by atoms with van der Waals surface area (Å²) in [5.74, 6) is 0.998. The Morgan fingerprint density at radius 1 is 1.44 bits per heavy atom. The highest BCUT2D eigenvalue weighted by Gasteiger charge is 2.25. The minimum atomic E-state index is 0.345. The van der Waals surface area contributed by atoms with Crippen molar-refractivity contribution in [2.24, 2.45) is 0 Å². The molecule has 1 aliphatic rings. The van der Waals surface area contributed by atoms with Gasteiger partial charge in [-0.05, 0) is 45.0 Å². The van der Waals surface area contributed by atoms with E-state index in [2.05, 4.69) is 48.3 Å². The summed E-state index contributed by atoms with van der Waals surface area (Å²) in [5.41, 5.74) is 1.27. The minimum Gasteiger partial charge on any atom is -0.489 e. The van der Waals surface area contributed by atoms with Gasteiger partial charge in [0.25, 0.3) is 0 Å². The first-order chi connectivity index (χ1) is 8.69. The van der Waals surface area contributed by atoms with E-state index < -0.39 is 0 Å². The molecule has 1 aliphatic heterocycles. The Balaban J connectivity index is 1.92. The van der Waals surface area contributed by atoms with Crippen molar-refractivity contribution in [1.82, 2.24) is 10.2 Å². The van der Waals surface area contributed by atoms with Gasteiger partial charge in [0, 0.05) is 25.7 Å². The first kappa shape index (κ1) is 13.4. The third-order valence-electron chi connectivity index (χ3n) is 3.49. The Morgan fingerprint density at radius 2 is 2.28 bits per heavy atom. The minimum absolute atomic E-state index is 0.345. The number of ether oxygens (including phenoxy) is 1. The summed E-state index contributed by atoms with van der Waals surface area (Å²) in [6, 6.07) is 9.00. The molecule has 1 heterocycles. The molecule has 0 radical (unpaired) electrons. The van der Waals surface area contributed by atoms with Crippen LogP contribution in [0.5, 0.6) is 5.75 Å².